The molecule has 7 heteroatoms. The van der Waals surface area contributed by atoms with Gasteiger partial charge in [0.15, 0.2) is 5.65 Å². The first-order valence-corrected chi connectivity index (χ1v) is 8.67. The van der Waals surface area contributed by atoms with Crippen LogP contribution in [-0.4, -0.2) is 19.5 Å². The van der Waals surface area contributed by atoms with Gasteiger partial charge >= 0.3 is 0 Å². The molecule has 2 unspecified atom stereocenters. The zero-order valence-electron chi connectivity index (χ0n) is 11.8. The molecule has 21 heavy (non-hydrogen) atoms. The maximum Gasteiger partial charge on any atom is 0.160 e. The molecule has 0 bridgehead atoms. The van der Waals surface area contributed by atoms with Crippen LogP contribution in [-0.2, 0) is 0 Å². The number of rotatable bonds is 3. The Morgan fingerprint density at radius 1 is 1.33 bits per heavy atom. The van der Waals surface area contributed by atoms with Crippen LogP contribution in [0, 0.1) is 6.92 Å². The summed E-state index contributed by atoms with van der Waals surface area (Å²) in [5, 5.41) is 2.90. The van der Waals surface area contributed by atoms with Gasteiger partial charge in [-0.05, 0) is 42.8 Å². The van der Waals surface area contributed by atoms with Crippen molar-refractivity contribution in [2.75, 3.05) is 0 Å². The summed E-state index contributed by atoms with van der Waals surface area (Å²) in [4.78, 5) is 13.7. The Labute approximate surface area is 140 Å². The van der Waals surface area contributed by atoms with Crippen LogP contribution in [0.4, 0.5) is 0 Å². The quantitative estimate of drug-likeness (QED) is 0.604. The maximum absolute atomic E-state index is 6.32. The van der Waals surface area contributed by atoms with Crippen LogP contribution >= 0.6 is 38.9 Å². The lowest BCUT2D eigenvalue weighted by Crippen LogP contribution is -2.11. The minimum Gasteiger partial charge on any atom is -0.302 e. The first-order chi connectivity index (χ1) is 9.97. The van der Waals surface area contributed by atoms with E-state index in [2.05, 4.69) is 47.8 Å². The smallest absolute Gasteiger partial charge is 0.160 e. The van der Waals surface area contributed by atoms with Gasteiger partial charge in [-0.3, -0.25) is 0 Å². The molecule has 0 N–H and O–H groups in total. The Morgan fingerprint density at radius 3 is 2.71 bits per heavy atom. The summed E-state index contributed by atoms with van der Waals surface area (Å²) in [7, 11) is 0. The Kier molecular flexibility index (Phi) is 4.03. The van der Waals surface area contributed by atoms with Gasteiger partial charge in [-0.15, -0.1) is 22.9 Å². The normalized spacial score (nSPS) is 14.5. The molecule has 0 saturated heterocycles. The predicted octanol–water partition coefficient (Wildman–Crippen LogP) is 4.87. The molecule has 0 aromatic carbocycles. The monoisotopic (exact) mass is 384 g/mol. The molecule has 0 saturated carbocycles. The average molecular weight is 386 g/mol. The number of fused-ring (bicyclic) bond motifs is 1. The number of nitrogens with zero attached hydrogens (tertiary/aromatic N) is 4. The molecular weight excluding hydrogens is 372 g/mol. The molecule has 0 aliphatic rings. The first kappa shape index (κ1) is 14.9. The molecule has 3 aromatic heterocycles. The van der Waals surface area contributed by atoms with E-state index in [0.717, 1.165) is 32.2 Å². The molecule has 0 fully saturated rings. The number of imidazole rings is 1. The van der Waals surface area contributed by atoms with Gasteiger partial charge in [-0.1, -0.05) is 0 Å². The molecule has 0 aliphatic heterocycles. The van der Waals surface area contributed by atoms with Crippen molar-refractivity contribution in [3.8, 4) is 0 Å². The van der Waals surface area contributed by atoms with Crippen molar-refractivity contribution in [1.29, 1.82) is 0 Å². The molecule has 2 atom stereocenters. The highest BCUT2D eigenvalue weighted by molar-refractivity contribution is 9.10. The number of pyridine rings is 1. The molecule has 0 spiro atoms. The minimum absolute atomic E-state index is 0.0542. The number of aromatic nitrogens is 4. The van der Waals surface area contributed by atoms with E-state index >= 15 is 0 Å². The molecule has 0 amide bonds. The van der Waals surface area contributed by atoms with Crippen molar-refractivity contribution < 1.29 is 0 Å². The second kappa shape index (κ2) is 5.66. The van der Waals surface area contributed by atoms with E-state index in [-0.39, 0.29) is 11.4 Å². The second-order valence-electron chi connectivity index (χ2n) is 4.96. The Balaban J connectivity index is 2.21. The first-order valence-electron chi connectivity index (χ1n) is 6.57. The molecular formula is C14H14BrClN4S. The van der Waals surface area contributed by atoms with Gasteiger partial charge in [0.25, 0.3) is 0 Å². The highest BCUT2D eigenvalue weighted by atomic mass is 79.9. The molecule has 0 aliphatic carbocycles. The molecule has 3 heterocycles. The number of hydrogen-bond donors (Lipinski definition) is 0. The lowest BCUT2D eigenvalue weighted by Gasteiger charge is -2.15. The van der Waals surface area contributed by atoms with E-state index in [0.29, 0.717) is 0 Å². The van der Waals surface area contributed by atoms with Crippen molar-refractivity contribution in [3.05, 3.63) is 38.6 Å². The van der Waals surface area contributed by atoms with Gasteiger partial charge in [-0.25, -0.2) is 15.0 Å². The fourth-order valence-electron chi connectivity index (χ4n) is 2.31. The van der Waals surface area contributed by atoms with E-state index in [1.165, 1.54) is 0 Å². The Morgan fingerprint density at radius 2 is 2.10 bits per heavy atom. The summed E-state index contributed by atoms with van der Waals surface area (Å²) >= 11 is 11.4. The van der Waals surface area contributed by atoms with Gasteiger partial charge in [0, 0.05) is 21.7 Å². The summed E-state index contributed by atoms with van der Waals surface area (Å²) in [6.45, 7) is 6.03. The van der Waals surface area contributed by atoms with Crippen molar-refractivity contribution in [2.24, 2.45) is 0 Å². The molecule has 110 valence electrons. The maximum atomic E-state index is 6.32. The summed E-state index contributed by atoms with van der Waals surface area (Å²) < 4.78 is 2.99. The number of aryl methyl sites for hydroxylation is 1. The standard InChI is InChI=1S/C14H14BrClN4S/c1-7-6-21-14(18-7)9(3)20-12(8(2)16)19-11-4-10(15)5-17-13(11)20/h4-6,8-9H,1-3H3. The lowest BCUT2D eigenvalue weighted by molar-refractivity contribution is 0.609. The SMILES string of the molecule is Cc1csc(C(C)n2c(C(C)Cl)nc3cc(Br)cnc32)n1. The van der Waals surface area contributed by atoms with Crippen molar-refractivity contribution in [2.45, 2.75) is 32.2 Å². The Hall–Kier alpha value is -0.980. The van der Waals surface area contributed by atoms with Crippen molar-refractivity contribution in [3.63, 3.8) is 0 Å². The highest BCUT2D eigenvalue weighted by Crippen LogP contribution is 2.32. The third kappa shape index (κ3) is 2.72. The second-order valence-corrected chi connectivity index (χ2v) is 7.42. The van der Waals surface area contributed by atoms with Gasteiger partial charge in [0.2, 0.25) is 0 Å². The summed E-state index contributed by atoms with van der Waals surface area (Å²) in [5.74, 6) is 0.817. The molecule has 0 radical (unpaired) electrons. The van der Waals surface area contributed by atoms with Gasteiger partial charge < -0.3 is 4.57 Å². The van der Waals surface area contributed by atoms with Crippen molar-refractivity contribution >= 4 is 50.0 Å². The van der Waals surface area contributed by atoms with Crippen LogP contribution in [0.2, 0.25) is 0 Å². The predicted molar refractivity (Wildman–Crippen MR) is 90.2 cm³/mol. The molecule has 4 nitrogen and oxygen atoms in total. The van der Waals surface area contributed by atoms with Crippen LogP contribution in [0.1, 0.15) is 41.8 Å². The van der Waals surface area contributed by atoms with Crippen LogP contribution in [0.5, 0.6) is 0 Å². The minimum atomic E-state index is -0.193. The third-order valence-corrected chi connectivity index (χ3v) is 5.02. The average Bonchev–Trinajstić information content (AvgIpc) is 3.01. The van der Waals surface area contributed by atoms with Crippen LogP contribution in [0.25, 0.3) is 11.2 Å². The molecule has 3 rings (SSSR count). The van der Waals surface area contributed by atoms with Gasteiger partial charge in [-0.2, -0.15) is 0 Å². The molecule has 3 aromatic rings. The zero-order valence-corrected chi connectivity index (χ0v) is 15.0. The fraction of sp³-hybridized carbons (Fsp3) is 0.357. The third-order valence-electron chi connectivity index (χ3n) is 3.26. The number of hydrogen-bond acceptors (Lipinski definition) is 4. The summed E-state index contributed by atoms with van der Waals surface area (Å²) in [5.41, 5.74) is 2.70. The van der Waals surface area contributed by atoms with Crippen LogP contribution in [0.15, 0.2) is 22.1 Å². The van der Waals surface area contributed by atoms with E-state index in [9.17, 15) is 0 Å². The summed E-state index contributed by atoms with van der Waals surface area (Å²) in [6.07, 6.45) is 1.78. The topological polar surface area (TPSA) is 43.6 Å². The lowest BCUT2D eigenvalue weighted by atomic mass is 10.3. The van der Waals surface area contributed by atoms with Gasteiger partial charge in [0.1, 0.15) is 16.3 Å². The van der Waals surface area contributed by atoms with Gasteiger partial charge in [0.05, 0.1) is 11.4 Å². The van der Waals surface area contributed by atoms with E-state index in [4.69, 9.17) is 11.6 Å². The number of halogens is 2. The zero-order chi connectivity index (χ0) is 15.1. The van der Waals surface area contributed by atoms with E-state index in [1.807, 2.05) is 19.9 Å². The van der Waals surface area contributed by atoms with E-state index in [1.54, 1.807) is 17.5 Å². The fourth-order valence-corrected chi connectivity index (χ4v) is 3.63. The Bertz CT molecular complexity index is 795. The van der Waals surface area contributed by atoms with Crippen LogP contribution in [0.3, 0.4) is 0 Å². The van der Waals surface area contributed by atoms with E-state index < -0.39 is 0 Å². The largest absolute Gasteiger partial charge is 0.302 e. The van der Waals surface area contributed by atoms with Crippen molar-refractivity contribution in [1.82, 2.24) is 19.5 Å². The number of alkyl halides is 1. The summed E-state index contributed by atoms with van der Waals surface area (Å²) in [6, 6.07) is 2.01. The highest BCUT2D eigenvalue weighted by Gasteiger charge is 2.22. The van der Waals surface area contributed by atoms with Crippen LogP contribution < -0.4 is 0 Å². The number of thiazole rings is 1.